The minimum Gasteiger partial charge on any atom is -0.368 e. The lowest BCUT2D eigenvalue weighted by Crippen LogP contribution is -2.46. The Morgan fingerprint density at radius 2 is 2.36 bits per heavy atom. The Kier molecular flexibility index (Phi) is 1.93. The smallest absolute Gasteiger partial charge is 0.0642 e. The lowest BCUT2D eigenvalue weighted by molar-refractivity contribution is 0.151. The van der Waals surface area contributed by atoms with Gasteiger partial charge in [-0.25, -0.2) is 0 Å². The van der Waals surface area contributed by atoms with Gasteiger partial charge in [0.25, 0.3) is 0 Å². The van der Waals surface area contributed by atoms with E-state index in [9.17, 15) is 0 Å². The van der Waals surface area contributed by atoms with Crippen LogP contribution in [0.2, 0.25) is 0 Å². The lowest BCUT2D eigenvalue weighted by atomic mass is 9.76. The van der Waals surface area contributed by atoms with Crippen molar-refractivity contribution in [2.24, 2.45) is 16.8 Å². The van der Waals surface area contributed by atoms with Gasteiger partial charge in [-0.1, -0.05) is 12.2 Å². The fraction of sp³-hybridized carbons (Fsp3) is 0.583. The van der Waals surface area contributed by atoms with Gasteiger partial charge in [0.05, 0.1) is 6.04 Å². The number of rotatable bonds is 0. The van der Waals surface area contributed by atoms with Gasteiger partial charge in [0.2, 0.25) is 0 Å². The van der Waals surface area contributed by atoms with E-state index in [2.05, 4.69) is 34.5 Å². The standard InChI is InChI=1S/C12H16N2/c1-2-4-11-9-14-6-5-13-8-12(14)7-10(11)3-1/h2,4-6,8,10-12H,1,3,7,9H2. The van der Waals surface area contributed by atoms with Gasteiger partial charge in [0.15, 0.2) is 0 Å². The maximum absolute atomic E-state index is 4.23. The van der Waals surface area contributed by atoms with Crippen LogP contribution in [0, 0.1) is 11.8 Å². The van der Waals surface area contributed by atoms with Crippen LogP contribution < -0.4 is 0 Å². The summed E-state index contributed by atoms with van der Waals surface area (Å²) in [5.74, 6) is 1.69. The molecule has 2 heteroatoms. The normalized spacial score (nSPS) is 39.4. The number of allylic oxidation sites excluding steroid dienone is 1. The average molecular weight is 188 g/mol. The molecule has 3 atom stereocenters. The molecule has 0 amide bonds. The third-order valence-corrected chi connectivity index (χ3v) is 3.69. The first-order valence-electron chi connectivity index (χ1n) is 5.56. The molecule has 1 fully saturated rings. The van der Waals surface area contributed by atoms with Crippen LogP contribution in [0.15, 0.2) is 29.5 Å². The molecule has 0 aromatic carbocycles. The topological polar surface area (TPSA) is 15.6 Å². The van der Waals surface area contributed by atoms with Crippen LogP contribution in [-0.2, 0) is 0 Å². The van der Waals surface area contributed by atoms with Crippen molar-refractivity contribution < 1.29 is 0 Å². The van der Waals surface area contributed by atoms with Gasteiger partial charge in [-0.2, -0.15) is 0 Å². The van der Waals surface area contributed by atoms with Crippen molar-refractivity contribution in [3.8, 4) is 0 Å². The average Bonchev–Trinajstić information content (AvgIpc) is 2.26. The van der Waals surface area contributed by atoms with E-state index in [4.69, 9.17) is 0 Å². The largest absolute Gasteiger partial charge is 0.368 e. The van der Waals surface area contributed by atoms with Crippen molar-refractivity contribution >= 4 is 6.21 Å². The van der Waals surface area contributed by atoms with Crippen LogP contribution in [0.4, 0.5) is 0 Å². The third-order valence-electron chi connectivity index (χ3n) is 3.69. The lowest BCUT2D eigenvalue weighted by Gasteiger charge is -2.43. The Balaban J connectivity index is 1.81. The summed E-state index contributed by atoms with van der Waals surface area (Å²) in [5.41, 5.74) is 0. The number of nitrogens with zero attached hydrogens (tertiary/aromatic N) is 2. The number of hydrogen-bond acceptors (Lipinski definition) is 2. The zero-order chi connectivity index (χ0) is 9.38. The van der Waals surface area contributed by atoms with Gasteiger partial charge in [0.1, 0.15) is 0 Å². The van der Waals surface area contributed by atoms with Crippen molar-refractivity contribution in [2.45, 2.75) is 25.3 Å². The summed E-state index contributed by atoms with van der Waals surface area (Å²) in [4.78, 5) is 6.67. The van der Waals surface area contributed by atoms with Crippen molar-refractivity contribution in [3.63, 3.8) is 0 Å². The molecule has 1 saturated heterocycles. The summed E-state index contributed by atoms with van der Waals surface area (Å²) in [6.07, 6.45) is 14.9. The molecule has 3 aliphatic rings. The van der Waals surface area contributed by atoms with Crippen molar-refractivity contribution in [1.82, 2.24) is 4.90 Å². The summed E-state index contributed by atoms with van der Waals surface area (Å²) in [5, 5.41) is 0. The Morgan fingerprint density at radius 1 is 1.36 bits per heavy atom. The summed E-state index contributed by atoms with van der Waals surface area (Å²) >= 11 is 0. The van der Waals surface area contributed by atoms with Crippen LogP contribution in [-0.4, -0.2) is 23.7 Å². The van der Waals surface area contributed by atoms with E-state index in [1.807, 2.05) is 6.20 Å². The van der Waals surface area contributed by atoms with Gasteiger partial charge >= 0.3 is 0 Å². The Morgan fingerprint density at radius 3 is 3.36 bits per heavy atom. The Hall–Kier alpha value is -1.05. The second kappa shape index (κ2) is 3.26. The molecule has 0 spiro atoms. The first-order chi connectivity index (χ1) is 6.93. The third kappa shape index (κ3) is 1.29. The Bertz CT molecular complexity index is 303. The summed E-state index contributed by atoms with van der Waals surface area (Å²) in [7, 11) is 0. The van der Waals surface area contributed by atoms with Gasteiger partial charge in [-0.3, -0.25) is 4.99 Å². The number of piperidine rings is 1. The summed E-state index contributed by atoms with van der Waals surface area (Å²) in [6.45, 7) is 1.19. The fourth-order valence-corrected chi connectivity index (χ4v) is 2.87. The van der Waals surface area contributed by atoms with E-state index in [-0.39, 0.29) is 0 Å². The molecule has 2 heterocycles. The second-order valence-electron chi connectivity index (χ2n) is 4.53. The zero-order valence-electron chi connectivity index (χ0n) is 8.34. The maximum Gasteiger partial charge on any atom is 0.0642 e. The highest BCUT2D eigenvalue weighted by Crippen LogP contribution is 2.35. The van der Waals surface area contributed by atoms with Gasteiger partial charge in [0, 0.05) is 25.2 Å². The van der Waals surface area contributed by atoms with E-state index in [0.717, 1.165) is 11.8 Å². The van der Waals surface area contributed by atoms with E-state index < -0.39 is 0 Å². The summed E-state index contributed by atoms with van der Waals surface area (Å²) < 4.78 is 0. The second-order valence-corrected chi connectivity index (χ2v) is 4.53. The van der Waals surface area contributed by atoms with E-state index in [1.165, 1.54) is 25.8 Å². The Labute approximate surface area is 85.0 Å². The molecular formula is C12H16N2. The molecule has 0 bridgehead atoms. The number of aliphatic imine (C=N–C) groups is 1. The van der Waals surface area contributed by atoms with Crippen LogP contribution in [0.1, 0.15) is 19.3 Å². The predicted molar refractivity (Wildman–Crippen MR) is 58.1 cm³/mol. The highest BCUT2D eigenvalue weighted by Gasteiger charge is 2.33. The molecule has 74 valence electrons. The minimum absolute atomic E-state index is 0.577. The molecule has 0 radical (unpaired) electrons. The number of hydrogen-bond donors (Lipinski definition) is 0. The van der Waals surface area contributed by atoms with E-state index in [1.54, 1.807) is 0 Å². The van der Waals surface area contributed by atoms with Crippen molar-refractivity contribution in [3.05, 3.63) is 24.6 Å². The molecule has 0 N–H and O–H groups in total. The molecule has 14 heavy (non-hydrogen) atoms. The minimum atomic E-state index is 0.577. The van der Waals surface area contributed by atoms with Crippen LogP contribution >= 0.6 is 0 Å². The predicted octanol–water partition coefficient (Wildman–Crippen LogP) is 2.20. The first-order valence-corrected chi connectivity index (χ1v) is 5.56. The van der Waals surface area contributed by atoms with Gasteiger partial charge in [-0.15, -0.1) is 0 Å². The zero-order valence-corrected chi connectivity index (χ0v) is 8.34. The molecule has 3 unspecified atom stereocenters. The molecule has 0 aromatic rings. The number of fused-ring (bicyclic) bond motifs is 2. The monoisotopic (exact) mass is 188 g/mol. The van der Waals surface area contributed by atoms with Gasteiger partial charge < -0.3 is 4.90 Å². The van der Waals surface area contributed by atoms with Crippen LogP contribution in [0.5, 0.6) is 0 Å². The SMILES string of the molecule is C1=CC2CN3C=CN=CC3CC2CC1. The molecule has 2 nitrogen and oxygen atoms in total. The van der Waals surface area contributed by atoms with Crippen molar-refractivity contribution in [2.75, 3.05) is 6.54 Å². The maximum atomic E-state index is 4.23. The molecule has 1 aliphatic carbocycles. The first kappa shape index (κ1) is 8.27. The van der Waals surface area contributed by atoms with Crippen LogP contribution in [0.25, 0.3) is 0 Å². The fourth-order valence-electron chi connectivity index (χ4n) is 2.87. The summed E-state index contributed by atoms with van der Waals surface area (Å²) in [6, 6.07) is 0.577. The molecular weight excluding hydrogens is 172 g/mol. The van der Waals surface area contributed by atoms with Crippen molar-refractivity contribution in [1.29, 1.82) is 0 Å². The van der Waals surface area contributed by atoms with Crippen LogP contribution in [0.3, 0.4) is 0 Å². The highest BCUT2D eigenvalue weighted by atomic mass is 15.2. The van der Waals surface area contributed by atoms with E-state index in [0.29, 0.717) is 6.04 Å². The molecule has 3 rings (SSSR count). The van der Waals surface area contributed by atoms with E-state index >= 15 is 0 Å². The van der Waals surface area contributed by atoms with Gasteiger partial charge in [-0.05, 0) is 31.1 Å². The highest BCUT2D eigenvalue weighted by molar-refractivity contribution is 5.66. The molecule has 2 aliphatic heterocycles. The molecule has 0 aromatic heterocycles. The quantitative estimate of drug-likeness (QED) is 0.532. The molecule has 0 saturated carbocycles.